The summed E-state index contributed by atoms with van der Waals surface area (Å²) in [5, 5.41) is -0.631. The Morgan fingerprint density at radius 3 is 2.44 bits per heavy atom. The summed E-state index contributed by atoms with van der Waals surface area (Å²) in [7, 11) is -3.35. The molecule has 0 aromatic heterocycles. The summed E-state index contributed by atoms with van der Waals surface area (Å²) in [5.74, 6) is -0.527. The van der Waals surface area contributed by atoms with E-state index in [-0.39, 0.29) is 10.7 Å². The molecule has 1 aromatic carbocycles. The standard InChI is InChI=1S/C12H14O3S/c1-7-5-4-6-10-11(13)8(2)9(3)16(14,15)12(7)10/h4-6,8-9H,1-3H3. The van der Waals surface area contributed by atoms with Gasteiger partial charge in [-0.2, -0.15) is 0 Å². The average Bonchev–Trinajstić information content (AvgIpc) is 2.23. The Hall–Kier alpha value is -1.16. The van der Waals surface area contributed by atoms with E-state index in [1.165, 1.54) is 0 Å². The van der Waals surface area contributed by atoms with Gasteiger partial charge in [-0.15, -0.1) is 0 Å². The van der Waals surface area contributed by atoms with Gasteiger partial charge >= 0.3 is 0 Å². The highest BCUT2D eigenvalue weighted by Crippen LogP contribution is 2.34. The van der Waals surface area contributed by atoms with Crippen LogP contribution in [0.4, 0.5) is 0 Å². The molecule has 0 aliphatic carbocycles. The lowest BCUT2D eigenvalue weighted by Crippen LogP contribution is -2.37. The summed E-state index contributed by atoms with van der Waals surface area (Å²) in [6.07, 6.45) is 0. The van der Waals surface area contributed by atoms with Crippen LogP contribution in [-0.4, -0.2) is 19.5 Å². The number of Topliss-reactive ketones (excluding diaryl/α,β-unsaturated/α-hetero) is 1. The molecule has 0 fully saturated rings. The lowest BCUT2D eigenvalue weighted by molar-refractivity contribution is 0.0920. The van der Waals surface area contributed by atoms with Crippen molar-refractivity contribution < 1.29 is 13.2 Å². The van der Waals surface area contributed by atoms with Crippen LogP contribution in [0.5, 0.6) is 0 Å². The van der Waals surface area contributed by atoms with Gasteiger partial charge in [-0.05, 0) is 19.4 Å². The van der Waals surface area contributed by atoms with Crippen molar-refractivity contribution in [2.24, 2.45) is 5.92 Å². The maximum atomic E-state index is 12.2. The molecule has 0 radical (unpaired) electrons. The fraction of sp³-hybridized carbons (Fsp3) is 0.417. The third-order valence-electron chi connectivity index (χ3n) is 3.37. The van der Waals surface area contributed by atoms with Crippen molar-refractivity contribution in [1.82, 2.24) is 0 Å². The molecule has 1 heterocycles. The number of aryl methyl sites for hydroxylation is 1. The van der Waals surface area contributed by atoms with Gasteiger partial charge in [0.05, 0.1) is 10.1 Å². The minimum Gasteiger partial charge on any atom is -0.294 e. The summed E-state index contributed by atoms with van der Waals surface area (Å²) in [6.45, 7) is 5.01. The monoisotopic (exact) mass is 238 g/mol. The molecule has 2 rings (SSSR count). The first kappa shape index (κ1) is 11.3. The molecule has 0 saturated heterocycles. The largest absolute Gasteiger partial charge is 0.294 e. The predicted octanol–water partition coefficient (Wildman–Crippen LogP) is 1.99. The van der Waals surface area contributed by atoms with E-state index in [0.29, 0.717) is 11.1 Å². The van der Waals surface area contributed by atoms with Gasteiger partial charge in [-0.3, -0.25) is 4.79 Å². The molecule has 16 heavy (non-hydrogen) atoms. The normalized spacial score (nSPS) is 27.6. The van der Waals surface area contributed by atoms with Crippen LogP contribution in [0.3, 0.4) is 0 Å². The number of carbonyl (C=O) groups is 1. The highest BCUT2D eigenvalue weighted by molar-refractivity contribution is 7.92. The van der Waals surface area contributed by atoms with Gasteiger partial charge in [0.25, 0.3) is 0 Å². The van der Waals surface area contributed by atoms with Crippen LogP contribution < -0.4 is 0 Å². The highest BCUT2D eigenvalue weighted by Gasteiger charge is 2.41. The van der Waals surface area contributed by atoms with Crippen molar-refractivity contribution in [2.45, 2.75) is 30.9 Å². The Bertz CT molecular complexity index is 558. The van der Waals surface area contributed by atoms with Gasteiger partial charge in [-0.25, -0.2) is 8.42 Å². The molecule has 1 aromatic rings. The fourth-order valence-electron chi connectivity index (χ4n) is 2.14. The van der Waals surface area contributed by atoms with E-state index < -0.39 is 21.0 Å². The van der Waals surface area contributed by atoms with Crippen LogP contribution >= 0.6 is 0 Å². The topological polar surface area (TPSA) is 51.2 Å². The molecule has 3 nitrogen and oxygen atoms in total. The number of sulfone groups is 1. The number of fused-ring (bicyclic) bond motifs is 1. The van der Waals surface area contributed by atoms with E-state index in [1.54, 1.807) is 39.0 Å². The maximum Gasteiger partial charge on any atom is 0.182 e. The molecule has 2 unspecified atom stereocenters. The second kappa shape index (κ2) is 3.42. The Balaban J connectivity index is 2.85. The Morgan fingerprint density at radius 2 is 1.81 bits per heavy atom. The minimum atomic E-state index is -3.35. The number of ketones is 1. The third-order valence-corrected chi connectivity index (χ3v) is 5.87. The molecule has 0 saturated carbocycles. The third kappa shape index (κ3) is 1.33. The molecular weight excluding hydrogens is 224 g/mol. The van der Waals surface area contributed by atoms with Gasteiger partial charge < -0.3 is 0 Å². The first-order chi connectivity index (χ1) is 7.37. The zero-order valence-corrected chi connectivity index (χ0v) is 10.3. The van der Waals surface area contributed by atoms with Crippen LogP contribution in [0.2, 0.25) is 0 Å². The zero-order valence-electron chi connectivity index (χ0n) is 9.52. The summed E-state index contributed by atoms with van der Waals surface area (Å²) < 4.78 is 24.5. The second-order valence-electron chi connectivity index (χ2n) is 4.35. The SMILES string of the molecule is Cc1cccc2c1S(=O)(=O)C(C)C(C)C2=O. The summed E-state index contributed by atoms with van der Waals surface area (Å²) in [5.41, 5.74) is 1.01. The van der Waals surface area contributed by atoms with E-state index in [1.807, 2.05) is 0 Å². The number of benzene rings is 1. The molecule has 4 heteroatoms. The quantitative estimate of drug-likeness (QED) is 0.694. The molecule has 1 aliphatic rings. The number of rotatable bonds is 0. The van der Waals surface area contributed by atoms with Crippen LogP contribution in [0.25, 0.3) is 0 Å². The van der Waals surface area contributed by atoms with Crippen molar-refractivity contribution in [3.8, 4) is 0 Å². The van der Waals surface area contributed by atoms with Crippen molar-refractivity contribution >= 4 is 15.6 Å². The van der Waals surface area contributed by atoms with Crippen molar-refractivity contribution in [2.75, 3.05) is 0 Å². The van der Waals surface area contributed by atoms with E-state index in [9.17, 15) is 13.2 Å². The molecule has 86 valence electrons. The molecule has 1 aliphatic heterocycles. The van der Waals surface area contributed by atoms with E-state index in [2.05, 4.69) is 0 Å². The highest BCUT2D eigenvalue weighted by atomic mass is 32.2. The van der Waals surface area contributed by atoms with Gasteiger partial charge in [0, 0.05) is 11.5 Å². The van der Waals surface area contributed by atoms with Gasteiger partial charge in [0.1, 0.15) is 0 Å². The van der Waals surface area contributed by atoms with Crippen LogP contribution in [0, 0.1) is 12.8 Å². The molecule has 0 N–H and O–H groups in total. The van der Waals surface area contributed by atoms with Crippen LogP contribution in [0.15, 0.2) is 23.1 Å². The molecule has 0 amide bonds. The van der Waals surface area contributed by atoms with Gasteiger partial charge in [-0.1, -0.05) is 25.1 Å². The Labute approximate surface area is 95.4 Å². The number of carbonyl (C=O) groups excluding carboxylic acids is 1. The molecule has 2 atom stereocenters. The predicted molar refractivity (Wildman–Crippen MR) is 61.3 cm³/mol. The second-order valence-corrected chi connectivity index (χ2v) is 6.60. The van der Waals surface area contributed by atoms with E-state index >= 15 is 0 Å². The summed E-state index contributed by atoms with van der Waals surface area (Å²) in [6, 6.07) is 5.06. The lowest BCUT2D eigenvalue weighted by Gasteiger charge is -2.27. The van der Waals surface area contributed by atoms with Crippen molar-refractivity contribution in [1.29, 1.82) is 0 Å². The van der Waals surface area contributed by atoms with E-state index in [4.69, 9.17) is 0 Å². The maximum absolute atomic E-state index is 12.2. The summed E-state index contributed by atoms with van der Waals surface area (Å²) >= 11 is 0. The van der Waals surface area contributed by atoms with Crippen molar-refractivity contribution in [3.63, 3.8) is 0 Å². The molecule has 0 bridgehead atoms. The molecular formula is C12H14O3S. The van der Waals surface area contributed by atoms with E-state index in [0.717, 1.165) is 0 Å². The Morgan fingerprint density at radius 1 is 1.19 bits per heavy atom. The Kier molecular flexibility index (Phi) is 2.42. The van der Waals surface area contributed by atoms with Crippen LogP contribution in [0.1, 0.15) is 29.8 Å². The van der Waals surface area contributed by atoms with Gasteiger partial charge in [0.2, 0.25) is 0 Å². The minimum absolute atomic E-state index is 0.0685. The molecule has 0 spiro atoms. The fourth-order valence-corrected chi connectivity index (χ4v) is 4.16. The van der Waals surface area contributed by atoms with Crippen molar-refractivity contribution in [3.05, 3.63) is 29.3 Å². The number of hydrogen-bond donors (Lipinski definition) is 0. The zero-order chi connectivity index (χ0) is 12.1. The average molecular weight is 238 g/mol. The van der Waals surface area contributed by atoms with Crippen LogP contribution in [-0.2, 0) is 9.84 Å². The first-order valence-electron chi connectivity index (χ1n) is 5.25. The lowest BCUT2D eigenvalue weighted by atomic mass is 9.95. The smallest absolute Gasteiger partial charge is 0.182 e. The summed E-state index contributed by atoms with van der Waals surface area (Å²) in [4.78, 5) is 12.2. The first-order valence-corrected chi connectivity index (χ1v) is 6.79. The van der Waals surface area contributed by atoms with Gasteiger partial charge in [0.15, 0.2) is 15.6 Å². The number of hydrogen-bond acceptors (Lipinski definition) is 3.